The molecular weight excluding hydrogens is 248 g/mol. The van der Waals surface area contributed by atoms with Crippen molar-refractivity contribution in [2.24, 2.45) is 0 Å². The van der Waals surface area contributed by atoms with Gasteiger partial charge in [0, 0.05) is 17.4 Å². The molecule has 1 rings (SSSR count). The Labute approximate surface area is 107 Å². The van der Waals surface area contributed by atoms with E-state index >= 15 is 0 Å². The first-order valence-electron chi connectivity index (χ1n) is 3.14. The molecule has 4 nitrogen and oxygen atoms in total. The van der Waals surface area contributed by atoms with Crippen LogP contribution in [0.5, 0.6) is 5.75 Å². The molecule has 0 aromatic heterocycles. The number of rotatable bonds is 1. The maximum Gasteiger partial charge on any atom is 0 e. The predicted octanol–water partition coefficient (Wildman–Crippen LogP) is 2.03. The normalized spacial score (nSPS) is 4.69. The zero-order valence-corrected chi connectivity index (χ0v) is 10.2. The summed E-state index contributed by atoms with van der Waals surface area (Å²) in [4.78, 5) is 0. The molecule has 0 radical (unpaired) electrons. The van der Waals surface area contributed by atoms with Gasteiger partial charge in [-0.1, -0.05) is 18.2 Å². The quantitative estimate of drug-likeness (QED) is 0.562. The predicted molar refractivity (Wildman–Crippen MR) is 51.2 cm³/mol. The zero-order valence-electron chi connectivity index (χ0n) is 8.93. The first-order valence-corrected chi connectivity index (χ1v) is 3.14. The molecular formula is C11H11CrO4-. The zero-order chi connectivity index (χ0) is 11.8. The van der Waals surface area contributed by atoms with Crippen molar-refractivity contribution < 1.29 is 36.1 Å². The molecule has 0 aliphatic rings. The Morgan fingerprint density at radius 3 is 1.38 bits per heavy atom. The number of para-hydroxylation sites is 1. The molecule has 0 aliphatic heterocycles. The molecule has 86 valence electrons. The van der Waals surface area contributed by atoms with Gasteiger partial charge < -0.3 is 12.2 Å². The van der Waals surface area contributed by atoms with Crippen LogP contribution in [0.1, 0.15) is 0 Å². The van der Waals surface area contributed by atoms with E-state index in [1.807, 2.05) is 30.3 Å². The molecule has 16 heavy (non-hydrogen) atoms. The molecule has 1 aromatic rings. The Kier molecular flexibility index (Phi) is 68.2. The molecule has 0 N–H and O–H groups in total. The number of ether oxygens (including phenoxy) is 1. The maximum absolute atomic E-state index is 7.50. The van der Waals surface area contributed by atoms with Gasteiger partial charge in [-0.25, -0.2) is 0 Å². The average Bonchev–Trinajstić information content (AvgIpc) is 2.37. The van der Waals surface area contributed by atoms with Crippen LogP contribution in [0.15, 0.2) is 30.3 Å². The van der Waals surface area contributed by atoms with Gasteiger partial charge in [-0.15, -0.1) is 0 Å². The second-order valence-corrected chi connectivity index (χ2v) is 1.52. The Bertz CT molecular complexity index is 239. The van der Waals surface area contributed by atoms with E-state index in [0.29, 0.717) is 0 Å². The van der Waals surface area contributed by atoms with Gasteiger partial charge in [0.2, 0.25) is 0 Å². The minimum atomic E-state index is 0. The average molecular weight is 259 g/mol. The van der Waals surface area contributed by atoms with Gasteiger partial charge in [0.05, 0.1) is 7.11 Å². The molecule has 0 saturated heterocycles. The number of hydrogen-bond acceptors (Lipinski definition) is 1. The van der Waals surface area contributed by atoms with Gasteiger partial charge in [-0.05, 0) is 12.1 Å². The van der Waals surface area contributed by atoms with Crippen molar-refractivity contribution in [3.05, 3.63) is 57.7 Å². The molecule has 0 atom stereocenters. The van der Waals surface area contributed by atoms with E-state index in [1.54, 1.807) is 7.11 Å². The van der Waals surface area contributed by atoms with Crippen LogP contribution in [0, 0.1) is 27.4 Å². The van der Waals surface area contributed by atoms with Crippen LogP contribution < -0.4 is 4.74 Å². The summed E-state index contributed by atoms with van der Waals surface area (Å²) in [7, 11) is 1.66. The molecule has 0 saturated carbocycles. The minimum absolute atomic E-state index is 0. The molecule has 0 unspecified atom stereocenters. The Morgan fingerprint density at radius 1 is 0.875 bits per heavy atom. The van der Waals surface area contributed by atoms with Crippen LogP contribution in [0.25, 0.3) is 0 Å². The van der Waals surface area contributed by atoms with Crippen LogP contribution in [0.2, 0.25) is 0 Å². The summed E-state index contributed by atoms with van der Waals surface area (Å²) < 4.78 is 27.4. The summed E-state index contributed by atoms with van der Waals surface area (Å²) >= 11 is 0. The number of methoxy groups -OCH3 is 1. The Hall–Kier alpha value is -1.23. The molecule has 0 aliphatic carbocycles. The van der Waals surface area contributed by atoms with Gasteiger partial charge in [-0.3, -0.25) is 0 Å². The largest absolute Gasteiger partial charge is 0.358 e. The van der Waals surface area contributed by atoms with Crippen LogP contribution >= 0.6 is 0 Å². The third-order valence-corrected chi connectivity index (χ3v) is 0.979. The topological polar surface area (TPSA) is 68.9 Å². The van der Waals surface area contributed by atoms with E-state index in [1.165, 1.54) is 0 Å². The fourth-order valence-corrected chi connectivity index (χ4v) is 0.557. The number of hydrogen-bond donors (Lipinski definition) is 0. The van der Waals surface area contributed by atoms with Crippen molar-refractivity contribution in [1.82, 2.24) is 0 Å². The third-order valence-electron chi connectivity index (χ3n) is 0.979. The van der Waals surface area contributed by atoms with Gasteiger partial charge in [-0.2, -0.15) is 0 Å². The molecule has 0 spiro atoms. The van der Waals surface area contributed by atoms with Crippen molar-refractivity contribution in [2.45, 2.75) is 0 Å². The summed E-state index contributed by atoms with van der Waals surface area (Å²) in [5, 5.41) is 0. The van der Waals surface area contributed by atoms with Crippen molar-refractivity contribution >= 4 is 0 Å². The molecule has 1 aromatic carbocycles. The smallest absolute Gasteiger partial charge is 0 e. The van der Waals surface area contributed by atoms with E-state index < -0.39 is 0 Å². The van der Waals surface area contributed by atoms with Gasteiger partial charge in [0.1, 0.15) is 5.75 Å². The fourth-order valence-electron chi connectivity index (χ4n) is 0.557. The monoisotopic (exact) mass is 259 g/mol. The fraction of sp³-hybridized carbons (Fsp3) is 0.0909. The van der Waals surface area contributed by atoms with Crippen molar-refractivity contribution in [3.63, 3.8) is 0 Å². The van der Waals surface area contributed by atoms with E-state index in [9.17, 15) is 0 Å². The van der Waals surface area contributed by atoms with E-state index in [0.717, 1.165) is 5.75 Å². The van der Waals surface area contributed by atoms with Crippen molar-refractivity contribution in [3.8, 4) is 5.75 Å². The first kappa shape index (κ1) is 29.3. The van der Waals surface area contributed by atoms with Crippen LogP contribution in [-0.4, -0.2) is 7.11 Å². The second-order valence-electron chi connectivity index (χ2n) is 1.52. The van der Waals surface area contributed by atoms with E-state index in [4.69, 9.17) is 18.7 Å². The standard InChI is InChI=1S/C7H8O.3CO.CH3.Cr/c1-8-7-5-3-2-4-6-7;3*1-2;;/h2-6H,1H3;;;;1H3;/q;;;;-1;. The van der Waals surface area contributed by atoms with Gasteiger partial charge in [0.25, 0.3) is 0 Å². The van der Waals surface area contributed by atoms with Crippen molar-refractivity contribution in [1.29, 1.82) is 0 Å². The summed E-state index contributed by atoms with van der Waals surface area (Å²) in [5.74, 6) is 0.910. The molecule has 0 fully saturated rings. The van der Waals surface area contributed by atoms with E-state index in [2.05, 4.69) is 20.0 Å². The van der Waals surface area contributed by atoms with Gasteiger partial charge in [0.15, 0.2) is 0 Å². The number of benzene rings is 1. The summed E-state index contributed by atoms with van der Waals surface area (Å²) in [5.41, 5.74) is 0. The summed E-state index contributed by atoms with van der Waals surface area (Å²) in [6.07, 6.45) is 0. The van der Waals surface area contributed by atoms with Crippen molar-refractivity contribution in [2.75, 3.05) is 7.11 Å². The third kappa shape index (κ3) is 23.0. The Balaban J connectivity index is -0.0000000445. The minimum Gasteiger partial charge on any atom is -0.358 e. The first-order chi connectivity index (χ1) is 6.93. The van der Waals surface area contributed by atoms with Crippen LogP contribution in [0.3, 0.4) is 0 Å². The van der Waals surface area contributed by atoms with E-state index in [-0.39, 0.29) is 24.8 Å². The summed E-state index contributed by atoms with van der Waals surface area (Å²) in [6.45, 7) is 13.5. The molecule has 0 heterocycles. The maximum atomic E-state index is 7.50. The molecule has 0 amide bonds. The molecule has 5 heteroatoms. The molecule has 0 bridgehead atoms. The van der Waals surface area contributed by atoms with Gasteiger partial charge >= 0.3 is 33.9 Å². The second kappa shape index (κ2) is 37.2. The summed E-state index contributed by atoms with van der Waals surface area (Å²) in [6, 6.07) is 9.68. The van der Waals surface area contributed by atoms with Crippen LogP contribution in [0.4, 0.5) is 0 Å². The van der Waals surface area contributed by atoms with Crippen LogP contribution in [-0.2, 0) is 31.3 Å². The SMILES string of the molecule is COc1ccccc1.[C-]#[O+].[C-]#[O+].[C-]#[O+].[CH3-].[Cr]. The Morgan fingerprint density at radius 2 is 1.19 bits per heavy atom.